The molecule has 2 fully saturated rings. The average molecular weight is 334 g/mol. The number of allylic oxidation sites excluding steroid dienone is 2. The van der Waals surface area contributed by atoms with Gasteiger partial charge in [-0.05, 0) is 37.0 Å². The number of rotatable bonds is 2. The minimum atomic E-state index is -1.47. The van der Waals surface area contributed by atoms with Crippen molar-refractivity contribution in [3.8, 4) is 0 Å². The smallest absolute Gasteiger partial charge is 0.161 e. The van der Waals surface area contributed by atoms with E-state index in [4.69, 9.17) is 0 Å². The highest BCUT2D eigenvalue weighted by Crippen LogP contribution is 2.64. The summed E-state index contributed by atoms with van der Waals surface area (Å²) in [6, 6.07) is 0. The maximum atomic E-state index is 12.9. The first-order chi connectivity index (χ1) is 11.1. The van der Waals surface area contributed by atoms with Crippen LogP contribution in [0.5, 0.6) is 0 Å². The van der Waals surface area contributed by atoms with E-state index < -0.39 is 17.1 Å². The maximum absolute atomic E-state index is 12.9. The molecule has 134 valence electrons. The fourth-order valence-corrected chi connectivity index (χ4v) is 5.60. The van der Waals surface area contributed by atoms with E-state index in [-0.39, 0.29) is 35.6 Å². The third-order valence-electron chi connectivity index (χ3n) is 7.35. The first-order valence-electron chi connectivity index (χ1n) is 8.98. The van der Waals surface area contributed by atoms with E-state index in [2.05, 4.69) is 20.4 Å². The number of aliphatic hydroxyl groups is 3. The van der Waals surface area contributed by atoms with Crippen LogP contribution in [0, 0.1) is 22.2 Å². The molecule has 0 aromatic carbocycles. The van der Waals surface area contributed by atoms with Crippen molar-refractivity contribution >= 4 is 5.78 Å². The Kier molecular flexibility index (Phi) is 3.91. The van der Waals surface area contributed by atoms with Gasteiger partial charge in [0.2, 0.25) is 0 Å². The van der Waals surface area contributed by atoms with Crippen molar-refractivity contribution in [3.05, 3.63) is 24.3 Å². The predicted octanol–water partition coefficient (Wildman–Crippen LogP) is 2.38. The number of ketones is 1. The van der Waals surface area contributed by atoms with Crippen molar-refractivity contribution in [2.45, 2.75) is 64.6 Å². The van der Waals surface area contributed by atoms with Gasteiger partial charge in [-0.2, -0.15) is 0 Å². The second-order valence-electron chi connectivity index (χ2n) is 9.05. The van der Waals surface area contributed by atoms with E-state index in [1.54, 1.807) is 0 Å². The summed E-state index contributed by atoms with van der Waals surface area (Å²) in [6.45, 7) is 9.71. The molecule has 0 aromatic rings. The molecule has 0 spiro atoms. The fraction of sp³-hybridized carbons (Fsp3) is 0.750. The number of carbonyl (C=O) groups is 1. The molecule has 0 amide bonds. The molecule has 3 N–H and O–H groups in total. The highest BCUT2D eigenvalue weighted by atomic mass is 16.3. The summed E-state index contributed by atoms with van der Waals surface area (Å²) >= 11 is 0. The predicted molar refractivity (Wildman–Crippen MR) is 92.2 cm³/mol. The molecule has 0 bridgehead atoms. The van der Waals surface area contributed by atoms with Crippen molar-refractivity contribution in [1.29, 1.82) is 0 Å². The molecule has 24 heavy (non-hydrogen) atoms. The van der Waals surface area contributed by atoms with E-state index in [0.29, 0.717) is 24.8 Å². The molecule has 0 unspecified atom stereocenters. The van der Waals surface area contributed by atoms with E-state index in [1.807, 2.05) is 19.1 Å². The summed E-state index contributed by atoms with van der Waals surface area (Å²) in [5.74, 6) is -0.289. The van der Waals surface area contributed by atoms with Crippen molar-refractivity contribution in [1.82, 2.24) is 0 Å². The van der Waals surface area contributed by atoms with Crippen LogP contribution in [0.15, 0.2) is 24.3 Å². The van der Waals surface area contributed by atoms with E-state index in [0.717, 1.165) is 6.42 Å². The lowest BCUT2D eigenvalue weighted by molar-refractivity contribution is -0.235. The number of aliphatic hydroxyl groups excluding tert-OH is 2. The number of hydrogen-bond donors (Lipinski definition) is 3. The van der Waals surface area contributed by atoms with Gasteiger partial charge in [0.05, 0.1) is 18.1 Å². The molecule has 3 rings (SSSR count). The van der Waals surface area contributed by atoms with Gasteiger partial charge in [0.1, 0.15) is 5.60 Å². The highest BCUT2D eigenvalue weighted by molar-refractivity contribution is 5.99. The zero-order chi connectivity index (χ0) is 18.0. The minimum absolute atomic E-state index is 0.0541. The Balaban J connectivity index is 2.23. The third-order valence-corrected chi connectivity index (χ3v) is 7.35. The van der Waals surface area contributed by atoms with Gasteiger partial charge in [-0.3, -0.25) is 4.79 Å². The molecule has 0 radical (unpaired) electrons. The van der Waals surface area contributed by atoms with Crippen molar-refractivity contribution in [3.63, 3.8) is 0 Å². The van der Waals surface area contributed by atoms with Crippen LogP contribution >= 0.6 is 0 Å². The Morgan fingerprint density at radius 2 is 1.96 bits per heavy atom. The first kappa shape index (κ1) is 17.8. The van der Waals surface area contributed by atoms with Crippen LogP contribution in [-0.2, 0) is 4.79 Å². The summed E-state index contributed by atoms with van der Waals surface area (Å²) in [5, 5.41) is 33.0. The number of carbonyl (C=O) groups excluding carboxylic acids is 1. The minimum Gasteiger partial charge on any atom is -0.396 e. The first-order valence-corrected chi connectivity index (χ1v) is 8.98. The molecule has 4 heteroatoms. The lowest BCUT2D eigenvalue weighted by atomic mass is 9.42. The van der Waals surface area contributed by atoms with Gasteiger partial charge in [-0.1, -0.05) is 32.9 Å². The number of hydrogen-bond acceptors (Lipinski definition) is 4. The molecule has 3 aliphatic rings. The van der Waals surface area contributed by atoms with Crippen LogP contribution in [0.3, 0.4) is 0 Å². The molecule has 0 saturated heterocycles. The van der Waals surface area contributed by atoms with Crippen molar-refractivity contribution in [2.75, 3.05) is 6.61 Å². The molecule has 0 aromatic heterocycles. The van der Waals surface area contributed by atoms with Crippen molar-refractivity contribution in [2.24, 2.45) is 22.2 Å². The second kappa shape index (κ2) is 5.26. The van der Waals surface area contributed by atoms with Crippen LogP contribution in [0.1, 0.15) is 52.9 Å². The Hall–Kier alpha value is -0.970. The fourth-order valence-electron chi connectivity index (χ4n) is 5.60. The monoisotopic (exact) mass is 334 g/mol. The summed E-state index contributed by atoms with van der Waals surface area (Å²) in [7, 11) is 0. The topological polar surface area (TPSA) is 77.8 Å². The van der Waals surface area contributed by atoms with Gasteiger partial charge < -0.3 is 15.3 Å². The molecule has 4 nitrogen and oxygen atoms in total. The van der Waals surface area contributed by atoms with Crippen LogP contribution in [0.25, 0.3) is 0 Å². The standard InChI is InChI=1S/C20H30O4/c1-5-18(4)8-9-20(24)13(11-18)14(22)10-15-17(2,3)7-6-16(23)19(15,20)12-21/h5,11,15-16,21,23-24H,1,6-10,12H2,2-4H3/t15-,16+,18-,19+,20+/m0/s1. The summed E-state index contributed by atoms with van der Waals surface area (Å²) < 4.78 is 0. The SMILES string of the molecule is C=C[C@]1(C)C=C2C(=O)C[C@H]3C(C)(C)CC[C@@H](O)[C@]3(CO)[C@@]2(O)CC1. The van der Waals surface area contributed by atoms with Gasteiger partial charge in [0.25, 0.3) is 0 Å². The zero-order valence-electron chi connectivity index (χ0n) is 15.0. The molecular formula is C20H30O4. The second-order valence-corrected chi connectivity index (χ2v) is 9.05. The van der Waals surface area contributed by atoms with Crippen LogP contribution < -0.4 is 0 Å². The van der Waals surface area contributed by atoms with E-state index in [9.17, 15) is 20.1 Å². The number of fused-ring (bicyclic) bond motifs is 3. The van der Waals surface area contributed by atoms with Gasteiger partial charge in [-0.25, -0.2) is 0 Å². The highest BCUT2D eigenvalue weighted by Gasteiger charge is 2.69. The molecule has 2 saturated carbocycles. The van der Waals surface area contributed by atoms with Gasteiger partial charge in [0.15, 0.2) is 5.78 Å². The number of Topliss-reactive ketones (excluding diaryl/α,β-unsaturated/α-hetero) is 1. The van der Waals surface area contributed by atoms with Crippen LogP contribution in [0.4, 0.5) is 0 Å². The quantitative estimate of drug-likeness (QED) is 0.678. The maximum Gasteiger partial charge on any atom is 0.161 e. The Morgan fingerprint density at radius 3 is 2.54 bits per heavy atom. The molecule has 0 heterocycles. The van der Waals surface area contributed by atoms with Gasteiger partial charge in [0, 0.05) is 17.4 Å². The Morgan fingerprint density at radius 1 is 1.29 bits per heavy atom. The molecule has 0 aliphatic heterocycles. The summed E-state index contributed by atoms with van der Waals surface area (Å²) in [4.78, 5) is 12.9. The molecule has 5 atom stereocenters. The lowest BCUT2D eigenvalue weighted by Crippen LogP contribution is -2.71. The normalized spacial score (nSPS) is 47.4. The van der Waals surface area contributed by atoms with Gasteiger partial charge >= 0.3 is 0 Å². The van der Waals surface area contributed by atoms with Gasteiger partial charge in [-0.15, -0.1) is 6.58 Å². The zero-order valence-corrected chi connectivity index (χ0v) is 15.0. The van der Waals surface area contributed by atoms with E-state index in [1.165, 1.54) is 0 Å². The van der Waals surface area contributed by atoms with Crippen LogP contribution in [-0.4, -0.2) is 39.4 Å². The van der Waals surface area contributed by atoms with Crippen molar-refractivity contribution < 1.29 is 20.1 Å². The molecular weight excluding hydrogens is 304 g/mol. The Labute approximate surface area is 144 Å². The largest absolute Gasteiger partial charge is 0.396 e. The summed E-state index contributed by atoms with van der Waals surface area (Å²) in [6.07, 6.45) is 5.42. The van der Waals surface area contributed by atoms with Crippen LogP contribution in [0.2, 0.25) is 0 Å². The molecule has 3 aliphatic carbocycles. The summed E-state index contributed by atoms with van der Waals surface area (Å²) in [5.41, 5.74) is -2.72. The Bertz CT molecular complexity index is 607. The van der Waals surface area contributed by atoms with E-state index >= 15 is 0 Å². The lowest BCUT2D eigenvalue weighted by Gasteiger charge is -2.64. The third kappa shape index (κ3) is 2.06. The average Bonchev–Trinajstić information content (AvgIpc) is 2.53.